The molecule has 0 spiro atoms. The average Bonchev–Trinajstić information content (AvgIpc) is 2.97. The van der Waals surface area contributed by atoms with Crippen molar-refractivity contribution in [3.63, 3.8) is 0 Å². The van der Waals surface area contributed by atoms with Gasteiger partial charge in [-0.25, -0.2) is 0 Å². The van der Waals surface area contributed by atoms with Crippen LogP contribution in [-0.4, -0.2) is 36.0 Å². The molecule has 3 rings (SSSR count). The third kappa shape index (κ3) is 2.47. The second-order valence-electron chi connectivity index (χ2n) is 6.30. The molecule has 0 radical (unpaired) electrons. The van der Waals surface area contributed by atoms with E-state index in [0.717, 1.165) is 25.9 Å². The van der Waals surface area contributed by atoms with E-state index in [4.69, 9.17) is 0 Å². The van der Waals surface area contributed by atoms with Crippen LogP contribution in [0.5, 0.6) is 0 Å². The van der Waals surface area contributed by atoms with Crippen LogP contribution in [0.3, 0.4) is 0 Å². The minimum Gasteiger partial charge on any atom is -0.335 e. The molecule has 3 unspecified atom stereocenters. The lowest BCUT2D eigenvalue weighted by atomic mass is 10.0. The Kier molecular flexibility index (Phi) is 3.79. The van der Waals surface area contributed by atoms with Gasteiger partial charge in [0, 0.05) is 31.6 Å². The van der Waals surface area contributed by atoms with Gasteiger partial charge in [-0.1, -0.05) is 24.3 Å². The van der Waals surface area contributed by atoms with Crippen molar-refractivity contribution in [1.29, 1.82) is 0 Å². The minimum absolute atomic E-state index is 0.331. The van der Waals surface area contributed by atoms with Crippen LogP contribution >= 0.6 is 0 Å². The van der Waals surface area contributed by atoms with E-state index in [-0.39, 0.29) is 0 Å². The van der Waals surface area contributed by atoms with Gasteiger partial charge in [0.1, 0.15) is 0 Å². The van der Waals surface area contributed by atoms with Crippen molar-refractivity contribution >= 4 is 5.91 Å². The monoisotopic (exact) mass is 272 g/mol. The van der Waals surface area contributed by atoms with E-state index in [1.165, 1.54) is 11.1 Å². The van der Waals surface area contributed by atoms with E-state index in [1.54, 1.807) is 0 Å². The Morgan fingerprint density at radius 3 is 2.95 bits per heavy atom. The third-order valence-corrected chi connectivity index (χ3v) is 4.94. The molecule has 1 aromatic rings. The summed E-state index contributed by atoms with van der Waals surface area (Å²) in [5.74, 6) is 1.00. The number of carbonyl (C=O) groups is 1. The zero-order valence-corrected chi connectivity index (χ0v) is 12.4. The number of nitrogens with one attached hydrogen (secondary N) is 1. The summed E-state index contributed by atoms with van der Waals surface area (Å²) in [4.78, 5) is 14.7. The lowest BCUT2D eigenvalue weighted by molar-refractivity contribution is -0.133. The van der Waals surface area contributed by atoms with Crippen LogP contribution in [0.15, 0.2) is 24.3 Å². The minimum atomic E-state index is 0.331. The Hall–Kier alpha value is -1.35. The molecule has 1 N–H and O–H groups in total. The summed E-state index contributed by atoms with van der Waals surface area (Å²) < 4.78 is 0. The van der Waals surface area contributed by atoms with Crippen LogP contribution < -0.4 is 5.32 Å². The Morgan fingerprint density at radius 2 is 2.15 bits per heavy atom. The van der Waals surface area contributed by atoms with E-state index in [2.05, 4.69) is 48.3 Å². The zero-order valence-electron chi connectivity index (χ0n) is 12.4. The predicted octanol–water partition coefficient (Wildman–Crippen LogP) is 2.14. The number of fused-ring (bicyclic) bond motifs is 1. The van der Waals surface area contributed by atoms with Crippen LogP contribution in [-0.2, 0) is 11.2 Å². The van der Waals surface area contributed by atoms with Crippen LogP contribution in [0.1, 0.15) is 30.9 Å². The van der Waals surface area contributed by atoms with Gasteiger partial charge in [-0.15, -0.1) is 0 Å². The van der Waals surface area contributed by atoms with Crippen molar-refractivity contribution in [2.45, 2.75) is 45.2 Å². The second-order valence-corrected chi connectivity index (χ2v) is 6.30. The Labute approximate surface area is 121 Å². The predicted molar refractivity (Wildman–Crippen MR) is 80.6 cm³/mol. The first-order valence-corrected chi connectivity index (χ1v) is 7.73. The Bertz CT molecular complexity index is 500. The summed E-state index contributed by atoms with van der Waals surface area (Å²) >= 11 is 0. The van der Waals surface area contributed by atoms with Gasteiger partial charge in [0.15, 0.2) is 0 Å². The molecule has 0 aliphatic carbocycles. The molecular formula is C17H24N2O. The van der Waals surface area contributed by atoms with Crippen molar-refractivity contribution < 1.29 is 4.79 Å². The molecule has 1 aromatic carbocycles. The molecule has 2 aliphatic heterocycles. The number of hydrogen-bond donors (Lipinski definition) is 1. The van der Waals surface area contributed by atoms with Crippen molar-refractivity contribution in [2.24, 2.45) is 5.92 Å². The summed E-state index contributed by atoms with van der Waals surface area (Å²) in [6.45, 7) is 6.38. The zero-order chi connectivity index (χ0) is 14.1. The van der Waals surface area contributed by atoms with Crippen LogP contribution in [0.2, 0.25) is 0 Å². The second kappa shape index (κ2) is 5.57. The van der Waals surface area contributed by atoms with Crippen LogP contribution in [0, 0.1) is 12.8 Å². The Balaban J connectivity index is 1.63. The molecule has 0 saturated carbocycles. The normalized spacial score (nSPS) is 28.7. The molecule has 108 valence electrons. The fourth-order valence-electron chi connectivity index (χ4n) is 3.86. The molecular weight excluding hydrogens is 248 g/mol. The van der Waals surface area contributed by atoms with Gasteiger partial charge in [-0.2, -0.15) is 0 Å². The van der Waals surface area contributed by atoms with Gasteiger partial charge < -0.3 is 10.2 Å². The smallest absolute Gasteiger partial charge is 0.223 e. The molecule has 2 aliphatic rings. The van der Waals surface area contributed by atoms with E-state index >= 15 is 0 Å². The van der Waals surface area contributed by atoms with E-state index < -0.39 is 0 Å². The fraction of sp³-hybridized carbons (Fsp3) is 0.588. The van der Waals surface area contributed by atoms with Gasteiger partial charge >= 0.3 is 0 Å². The lowest BCUT2D eigenvalue weighted by Crippen LogP contribution is -2.42. The van der Waals surface area contributed by atoms with Gasteiger partial charge in [-0.05, 0) is 43.7 Å². The molecule has 20 heavy (non-hydrogen) atoms. The number of carbonyl (C=O) groups excluding carboxylic acids is 1. The number of amides is 1. The molecule has 3 atom stereocenters. The van der Waals surface area contributed by atoms with Gasteiger partial charge in [0.25, 0.3) is 0 Å². The van der Waals surface area contributed by atoms with Gasteiger partial charge in [0.2, 0.25) is 5.91 Å². The molecule has 1 amide bonds. The quantitative estimate of drug-likeness (QED) is 0.914. The number of hydrogen-bond acceptors (Lipinski definition) is 2. The Morgan fingerprint density at radius 1 is 1.35 bits per heavy atom. The van der Waals surface area contributed by atoms with Gasteiger partial charge in [0.05, 0.1) is 0 Å². The highest BCUT2D eigenvalue weighted by Crippen LogP contribution is 2.32. The van der Waals surface area contributed by atoms with E-state index in [9.17, 15) is 4.79 Å². The molecule has 2 fully saturated rings. The molecule has 3 heteroatoms. The van der Waals surface area contributed by atoms with Gasteiger partial charge in [-0.3, -0.25) is 4.79 Å². The highest BCUT2D eigenvalue weighted by Gasteiger charge is 2.43. The highest BCUT2D eigenvalue weighted by molar-refractivity contribution is 5.77. The van der Waals surface area contributed by atoms with E-state index in [1.807, 2.05) is 0 Å². The summed E-state index contributed by atoms with van der Waals surface area (Å²) in [5, 5.41) is 3.42. The van der Waals surface area contributed by atoms with Crippen LogP contribution in [0.4, 0.5) is 0 Å². The maximum absolute atomic E-state index is 12.6. The maximum Gasteiger partial charge on any atom is 0.223 e. The summed E-state index contributed by atoms with van der Waals surface area (Å²) in [6, 6.07) is 9.22. The molecule has 0 bridgehead atoms. The summed E-state index contributed by atoms with van der Waals surface area (Å²) in [6.07, 6.45) is 2.66. The number of rotatable bonds is 3. The topological polar surface area (TPSA) is 32.3 Å². The molecule has 2 heterocycles. The first-order valence-electron chi connectivity index (χ1n) is 7.73. The lowest BCUT2D eigenvalue weighted by Gasteiger charge is -2.27. The number of nitrogens with zero attached hydrogens (tertiary/aromatic N) is 1. The highest BCUT2D eigenvalue weighted by atomic mass is 16.2. The summed E-state index contributed by atoms with van der Waals surface area (Å²) in [7, 11) is 0. The first kappa shape index (κ1) is 13.6. The van der Waals surface area contributed by atoms with Crippen molar-refractivity contribution in [3.8, 4) is 0 Å². The number of likely N-dealkylation sites (tertiary alicyclic amines) is 1. The number of aryl methyl sites for hydroxylation is 2. The average molecular weight is 272 g/mol. The molecule has 0 aromatic heterocycles. The van der Waals surface area contributed by atoms with E-state index in [0.29, 0.717) is 30.3 Å². The van der Waals surface area contributed by atoms with Crippen LogP contribution in [0.25, 0.3) is 0 Å². The first-order chi connectivity index (χ1) is 9.66. The molecule has 3 nitrogen and oxygen atoms in total. The molecule has 2 saturated heterocycles. The van der Waals surface area contributed by atoms with Crippen molar-refractivity contribution in [3.05, 3.63) is 35.4 Å². The SMILES string of the molecule is Cc1ccccc1CCC(=O)N1C(C)CC2CNCC21. The third-order valence-electron chi connectivity index (χ3n) is 4.94. The fourth-order valence-corrected chi connectivity index (χ4v) is 3.86. The van der Waals surface area contributed by atoms with Crippen molar-refractivity contribution in [2.75, 3.05) is 13.1 Å². The summed E-state index contributed by atoms with van der Waals surface area (Å²) in [5.41, 5.74) is 2.59. The standard InChI is InChI=1S/C17H24N2O/c1-12-5-3-4-6-14(12)7-8-17(20)19-13(2)9-15-10-18-11-16(15)19/h3-6,13,15-16,18H,7-11H2,1-2H3. The largest absolute Gasteiger partial charge is 0.335 e. The maximum atomic E-state index is 12.6. The van der Waals surface area contributed by atoms with Crippen molar-refractivity contribution in [1.82, 2.24) is 10.2 Å². The number of benzene rings is 1.